The van der Waals surface area contributed by atoms with E-state index in [4.69, 9.17) is 4.52 Å². The number of amides is 1. The molecule has 1 aromatic heterocycles. The Hall–Kier alpha value is -1.43. The first-order valence-corrected chi connectivity index (χ1v) is 10.2. The predicted octanol–water partition coefficient (Wildman–Crippen LogP) is 2.81. The van der Waals surface area contributed by atoms with Crippen molar-refractivity contribution in [3.05, 3.63) is 11.7 Å². The van der Waals surface area contributed by atoms with Crippen LogP contribution in [0.2, 0.25) is 0 Å². The standard InChI is InChI=1S/C20H29N3O3/c1-13-21-18(26-22-13)16-3-2-4-23(11-16)17(24)10-19-6-14-5-15(7-19)9-20(25,8-14)12-19/h14-16,25H,2-12H2,1H3. The van der Waals surface area contributed by atoms with Gasteiger partial charge in [-0.15, -0.1) is 0 Å². The summed E-state index contributed by atoms with van der Waals surface area (Å²) in [5.41, 5.74) is -0.444. The minimum absolute atomic E-state index is 0.0456. The second kappa shape index (κ2) is 5.78. The van der Waals surface area contributed by atoms with Gasteiger partial charge in [-0.05, 0) is 75.5 Å². The van der Waals surface area contributed by atoms with Crippen molar-refractivity contribution >= 4 is 5.91 Å². The van der Waals surface area contributed by atoms with E-state index in [-0.39, 0.29) is 17.2 Å². The number of aromatic nitrogens is 2. The molecule has 26 heavy (non-hydrogen) atoms. The van der Waals surface area contributed by atoms with Gasteiger partial charge in [0.25, 0.3) is 0 Å². The van der Waals surface area contributed by atoms with Gasteiger partial charge in [0.1, 0.15) is 0 Å². The maximum absolute atomic E-state index is 13.1. The summed E-state index contributed by atoms with van der Waals surface area (Å²) in [6.45, 7) is 3.35. The summed E-state index contributed by atoms with van der Waals surface area (Å²) in [6.07, 6.45) is 8.89. The number of rotatable bonds is 3. The Bertz CT molecular complexity index is 701. The van der Waals surface area contributed by atoms with Crippen molar-refractivity contribution in [3.63, 3.8) is 0 Å². The molecule has 2 heterocycles. The minimum atomic E-state index is -0.490. The average molecular weight is 359 g/mol. The van der Waals surface area contributed by atoms with Crippen LogP contribution in [-0.4, -0.2) is 44.7 Å². The number of nitrogens with zero attached hydrogens (tertiary/aromatic N) is 3. The lowest BCUT2D eigenvalue weighted by Crippen LogP contribution is -2.56. The number of carbonyl (C=O) groups is 1. The Balaban J connectivity index is 1.28. The lowest BCUT2D eigenvalue weighted by molar-refractivity contribution is -0.172. The molecule has 6 nitrogen and oxygen atoms in total. The summed E-state index contributed by atoms with van der Waals surface area (Å²) in [4.78, 5) is 19.5. The molecule has 4 aliphatic carbocycles. The molecule has 1 amide bonds. The normalized spacial score (nSPS) is 41.6. The molecule has 0 spiro atoms. The molecule has 5 fully saturated rings. The number of aryl methyl sites for hydroxylation is 1. The van der Waals surface area contributed by atoms with E-state index in [1.165, 1.54) is 6.42 Å². The predicted molar refractivity (Wildman–Crippen MR) is 94.3 cm³/mol. The number of aliphatic hydroxyl groups is 1. The fraction of sp³-hybridized carbons (Fsp3) is 0.850. The van der Waals surface area contributed by atoms with Crippen molar-refractivity contribution in [1.29, 1.82) is 0 Å². The lowest BCUT2D eigenvalue weighted by atomic mass is 9.47. The molecule has 3 unspecified atom stereocenters. The number of carbonyl (C=O) groups excluding carboxylic acids is 1. The van der Waals surface area contributed by atoms with Crippen molar-refractivity contribution < 1.29 is 14.4 Å². The summed E-state index contributed by atoms with van der Waals surface area (Å²) in [5, 5.41) is 14.8. The minimum Gasteiger partial charge on any atom is -0.390 e. The van der Waals surface area contributed by atoms with Crippen LogP contribution in [0.5, 0.6) is 0 Å². The first kappa shape index (κ1) is 16.7. The number of piperidine rings is 1. The number of likely N-dealkylation sites (tertiary alicyclic amines) is 1. The molecule has 5 aliphatic rings. The Labute approximate surface area is 154 Å². The van der Waals surface area contributed by atoms with Crippen LogP contribution in [0.25, 0.3) is 0 Å². The second-order valence-corrected chi connectivity index (χ2v) is 9.72. The lowest BCUT2D eigenvalue weighted by Gasteiger charge is -2.60. The van der Waals surface area contributed by atoms with Crippen molar-refractivity contribution in [2.75, 3.05) is 13.1 Å². The third-order valence-corrected chi connectivity index (χ3v) is 7.34. The van der Waals surface area contributed by atoms with Gasteiger partial charge in [-0.2, -0.15) is 4.98 Å². The smallest absolute Gasteiger partial charge is 0.231 e. The van der Waals surface area contributed by atoms with Gasteiger partial charge in [0.05, 0.1) is 11.5 Å². The summed E-state index contributed by atoms with van der Waals surface area (Å²) >= 11 is 0. The fourth-order valence-electron chi connectivity index (χ4n) is 6.93. The molecule has 6 rings (SSSR count). The zero-order valence-corrected chi connectivity index (χ0v) is 15.6. The van der Waals surface area contributed by atoms with Crippen molar-refractivity contribution in [3.8, 4) is 0 Å². The van der Waals surface area contributed by atoms with E-state index in [0.29, 0.717) is 36.5 Å². The van der Waals surface area contributed by atoms with E-state index in [1.807, 2.05) is 11.8 Å². The topological polar surface area (TPSA) is 79.5 Å². The molecule has 1 N–H and O–H groups in total. The van der Waals surface area contributed by atoms with Gasteiger partial charge in [-0.3, -0.25) is 4.79 Å². The van der Waals surface area contributed by atoms with E-state index in [2.05, 4.69) is 10.1 Å². The molecule has 4 saturated carbocycles. The third kappa shape index (κ3) is 2.86. The van der Waals surface area contributed by atoms with Crippen LogP contribution in [0.1, 0.15) is 75.4 Å². The van der Waals surface area contributed by atoms with Crippen LogP contribution in [-0.2, 0) is 4.79 Å². The number of hydrogen-bond acceptors (Lipinski definition) is 5. The van der Waals surface area contributed by atoms with Crippen molar-refractivity contribution in [2.24, 2.45) is 17.3 Å². The van der Waals surface area contributed by atoms with E-state index in [1.54, 1.807) is 0 Å². The van der Waals surface area contributed by atoms with Crippen LogP contribution in [0.3, 0.4) is 0 Å². The van der Waals surface area contributed by atoms with Gasteiger partial charge in [-0.25, -0.2) is 0 Å². The fourth-order valence-corrected chi connectivity index (χ4v) is 6.93. The van der Waals surface area contributed by atoms with E-state index >= 15 is 0 Å². The molecule has 3 atom stereocenters. The maximum atomic E-state index is 13.1. The molecule has 1 saturated heterocycles. The van der Waals surface area contributed by atoms with Gasteiger partial charge in [0.2, 0.25) is 11.8 Å². The van der Waals surface area contributed by atoms with E-state index in [0.717, 1.165) is 51.5 Å². The highest BCUT2D eigenvalue weighted by Gasteiger charge is 2.57. The van der Waals surface area contributed by atoms with Crippen LogP contribution < -0.4 is 0 Å². The average Bonchev–Trinajstić information content (AvgIpc) is 2.99. The zero-order chi connectivity index (χ0) is 17.9. The highest BCUT2D eigenvalue weighted by Crippen LogP contribution is 2.62. The monoisotopic (exact) mass is 359 g/mol. The van der Waals surface area contributed by atoms with Crippen molar-refractivity contribution in [1.82, 2.24) is 15.0 Å². The Morgan fingerprint density at radius 3 is 2.73 bits per heavy atom. The third-order valence-electron chi connectivity index (χ3n) is 7.34. The molecule has 1 aliphatic heterocycles. The van der Waals surface area contributed by atoms with Crippen LogP contribution >= 0.6 is 0 Å². The van der Waals surface area contributed by atoms with Crippen LogP contribution in [0.4, 0.5) is 0 Å². The van der Waals surface area contributed by atoms with E-state index in [9.17, 15) is 9.90 Å². The van der Waals surface area contributed by atoms with Gasteiger partial charge in [0, 0.05) is 19.5 Å². The van der Waals surface area contributed by atoms with E-state index < -0.39 is 5.60 Å². The van der Waals surface area contributed by atoms with Gasteiger partial charge in [-0.1, -0.05) is 5.16 Å². The highest BCUT2D eigenvalue weighted by molar-refractivity contribution is 5.77. The summed E-state index contributed by atoms with van der Waals surface area (Å²) < 4.78 is 5.35. The number of hydrogen-bond donors (Lipinski definition) is 1. The SMILES string of the molecule is Cc1noc(C2CCCN(C(=O)CC34CC5CC(CC(O)(C5)C3)C4)C2)n1. The summed E-state index contributed by atoms with van der Waals surface area (Å²) in [7, 11) is 0. The van der Waals surface area contributed by atoms with Gasteiger partial charge >= 0.3 is 0 Å². The molecule has 4 bridgehead atoms. The molecular formula is C20H29N3O3. The molecule has 6 heteroatoms. The largest absolute Gasteiger partial charge is 0.390 e. The van der Waals surface area contributed by atoms with Crippen molar-refractivity contribution in [2.45, 2.75) is 76.2 Å². The Kier molecular flexibility index (Phi) is 3.72. The zero-order valence-electron chi connectivity index (χ0n) is 15.6. The molecular weight excluding hydrogens is 330 g/mol. The Morgan fingerprint density at radius 1 is 1.31 bits per heavy atom. The quantitative estimate of drug-likeness (QED) is 0.898. The molecule has 0 radical (unpaired) electrons. The molecule has 0 aromatic carbocycles. The van der Waals surface area contributed by atoms with Gasteiger partial charge in [0.15, 0.2) is 5.82 Å². The second-order valence-electron chi connectivity index (χ2n) is 9.72. The Morgan fingerprint density at radius 2 is 2.08 bits per heavy atom. The maximum Gasteiger partial charge on any atom is 0.231 e. The molecule has 142 valence electrons. The summed E-state index contributed by atoms with van der Waals surface area (Å²) in [5.74, 6) is 3.01. The summed E-state index contributed by atoms with van der Waals surface area (Å²) in [6, 6.07) is 0. The van der Waals surface area contributed by atoms with Crippen LogP contribution in [0, 0.1) is 24.2 Å². The highest BCUT2D eigenvalue weighted by atomic mass is 16.5. The van der Waals surface area contributed by atoms with Crippen LogP contribution in [0.15, 0.2) is 4.52 Å². The van der Waals surface area contributed by atoms with Gasteiger partial charge < -0.3 is 14.5 Å². The first-order chi connectivity index (χ1) is 12.4. The molecule has 1 aromatic rings. The first-order valence-electron chi connectivity index (χ1n) is 10.2.